The van der Waals surface area contributed by atoms with E-state index in [1.807, 2.05) is 19.0 Å². The minimum atomic E-state index is -4.44. The number of nitrogens with zero attached hydrogens (tertiary/aromatic N) is 1. The highest BCUT2D eigenvalue weighted by atomic mass is 19.4. The number of carbonyl (C=O) groups is 1. The highest BCUT2D eigenvalue weighted by molar-refractivity contribution is 5.94. The molecule has 1 N–H and O–H groups in total. The summed E-state index contributed by atoms with van der Waals surface area (Å²) in [6.07, 6.45) is -3.62. The molecule has 26 heavy (non-hydrogen) atoms. The molecule has 0 aliphatic carbocycles. The van der Waals surface area contributed by atoms with Gasteiger partial charge in [0, 0.05) is 12.1 Å². The van der Waals surface area contributed by atoms with Gasteiger partial charge in [0.2, 0.25) is 0 Å². The molecule has 0 saturated heterocycles. The first kappa shape index (κ1) is 19.8. The van der Waals surface area contributed by atoms with Gasteiger partial charge in [0.25, 0.3) is 5.91 Å². The standard InChI is InChI=1S/C19H21F3N2O2/c1-24(2)11-5-10-23-18(25)14-6-3-8-16(12-14)26-17-9-4-7-15(13-17)19(20,21)22/h3-4,6-9,12-13H,5,10-11H2,1-2H3,(H,23,25). The van der Waals surface area contributed by atoms with Crippen LogP contribution in [0.3, 0.4) is 0 Å². The topological polar surface area (TPSA) is 41.6 Å². The minimum Gasteiger partial charge on any atom is -0.457 e. The van der Waals surface area contributed by atoms with E-state index in [9.17, 15) is 18.0 Å². The van der Waals surface area contributed by atoms with Crippen LogP contribution in [-0.4, -0.2) is 38.0 Å². The zero-order valence-electron chi connectivity index (χ0n) is 14.6. The molecule has 140 valence electrons. The number of hydrogen-bond acceptors (Lipinski definition) is 3. The number of hydrogen-bond donors (Lipinski definition) is 1. The van der Waals surface area contributed by atoms with Crippen LogP contribution in [0.15, 0.2) is 48.5 Å². The lowest BCUT2D eigenvalue weighted by atomic mass is 10.2. The van der Waals surface area contributed by atoms with Crippen molar-refractivity contribution in [1.29, 1.82) is 0 Å². The molecular formula is C19H21F3N2O2. The van der Waals surface area contributed by atoms with Crippen LogP contribution in [0.5, 0.6) is 11.5 Å². The summed E-state index contributed by atoms with van der Waals surface area (Å²) in [5.41, 5.74) is -0.399. The zero-order chi connectivity index (χ0) is 19.2. The summed E-state index contributed by atoms with van der Waals surface area (Å²) in [6.45, 7) is 1.40. The maximum atomic E-state index is 12.8. The van der Waals surface area contributed by atoms with E-state index in [2.05, 4.69) is 5.32 Å². The van der Waals surface area contributed by atoms with E-state index in [0.717, 1.165) is 25.1 Å². The molecular weight excluding hydrogens is 345 g/mol. The second-order valence-electron chi connectivity index (χ2n) is 6.07. The molecule has 0 atom stereocenters. The normalized spacial score (nSPS) is 11.5. The average Bonchev–Trinajstić information content (AvgIpc) is 2.58. The van der Waals surface area contributed by atoms with Crippen LogP contribution in [-0.2, 0) is 6.18 Å². The molecule has 0 unspecified atom stereocenters. The molecule has 7 heteroatoms. The molecule has 4 nitrogen and oxygen atoms in total. The van der Waals surface area contributed by atoms with Crippen LogP contribution in [0.4, 0.5) is 13.2 Å². The fraction of sp³-hybridized carbons (Fsp3) is 0.316. The van der Waals surface area contributed by atoms with Crippen molar-refractivity contribution in [2.45, 2.75) is 12.6 Å². The van der Waals surface area contributed by atoms with Gasteiger partial charge in [-0.25, -0.2) is 0 Å². The van der Waals surface area contributed by atoms with Gasteiger partial charge in [-0.05, 0) is 63.5 Å². The number of halogens is 3. The maximum Gasteiger partial charge on any atom is 0.416 e. The summed E-state index contributed by atoms with van der Waals surface area (Å²) >= 11 is 0. The third-order valence-corrected chi connectivity index (χ3v) is 3.56. The molecule has 2 aromatic rings. The third-order valence-electron chi connectivity index (χ3n) is 3.56. The van der Waals surface area contributed by atoms with Gasteiger partial charge in [0.1, 0.15) is 11.5 Å². The highest BCUT2D eigenvalue weighted by Crippen LogP contribution is 2.32. The number of carbonyl (C=O) groups excluding carboxylic acids is 1. The second kappa shape index (κ2) is 8.71. The number of nitrogens with one attached hydrogen (secondary N) is 1. The summed E-state index contributed by atoms with van der Waals surface area (Å²) in [5, 5.41) is 2.80. The molecule has 2 rings (SSSR count). The Labute approximate surface area is 150 Å². The predicted molar refractivity (Wildman–Crippen MR) is 93.5 cm³/mol. The Kier molecular flexibility index (Phi) is 6.63. The van der Waals surface area contributed by atoms with Crippen molar-refractivity contribution in [2.24, 2.45) is 0 Å². The van der Waals surface area contributed by atoms with E-state index in [4.69, 9.17) is 4.74 Å². The molecule has 0 saturated carbocycles. The third kappa shape index (κ3) is 6.07. The van der Waals surface area contributed by atoms with Gasteiger partial charge in [-0.2, -0.15) is 13.2 Å². The van der Waals surface area contributed by atoms with E-state index in [-0.39, 0.29) is 11.7 Å². The fourth-order valence-corrected chi connectivity index (χ4v) is 2.27. The Balaban J connectivity index is 2.02. The first-order valence-electron chi connectivity index (χ1n) is 8.14. The van der Waals surface area contributed by atoms with Gasteiger partial charge >= 0.3 is 6.18 Å². The van der Waals surface area contributed by atoms with Gasteiger partial charge < -0.3 is 15.0 Å². The van der Waals surface area contributed by atoms with Crippen LogP contribution in [0, 0.1) is 0 Å². The highest BCUT2D eigenvalue weighted by Gasteiger charge is 2.30. The van der Waals surface area contributed by atoms with Crippen LogP contribution in [0.1, 0.15) is 22.3 Å². The van der Waals surface area contributed by atoms with E-state index in [1.54, 1.807) is 18.2 Å². The minimum absolute atomic E-state index is 0.0587. The average molecular weight is 366 g/mol. The lowest BCUT2D eigenvalue weighted by Gasteiger charge is -2.12. The van der Waals surface area contributed by atoms with Gasteiger partial charge in [-0.1, -0.05) is 12.1 Å². The Bertz CT molecular complexity index is 746. The molecule has 0 radical (unpaired) electrons. The number of benzene rings is 2. The largest absolute Gasteiger partial charge is 0.457 e. The Morgan fingerprint density at radius 2 is 1.73 bits per heavy atom. The molecule has 0 aromatic heterocycles. The SMILES string of the molecule is CN(C)CCCNC(=O)c1cccc(Oc2cccc(C(F)(F)F)c2)c1. The van der Waals surface area contributed by atoms with Crippen molar-refractivity contribution in [3.05, 3.63) is 59.7 Å². The smallest absolute Gasteiger partial charge is 0.416 e. The van der Waals surface area contributed by atoms with Crippen molar-refractivity contribution >= 4 is 5.91 Å². The maximum absolute atomic E-state index is 12.8. The summed E-state index contributed by atoms with van der Waals surface area (Å²) in [5.74, 6) is 0.104. The van der Waals surface area contributed by atoms with Gasteiger partial charge in [0.05, 0.1) is 5.56 Å². The van der Waals surface area contributed by atoms with Crippen molar-refractivity contribution in [3.63, 3.8) is 0 Å². The number of alkyl halides is 3. The van der Waals surface area contributed by atoms with Crippen LogP contribution in [0.25, 0.3) is 0 Å². The molecule has 0 aliphatic heterocycles. The summed E-state index contributed by atoms with van der Waals surface area (Å²) < 4.78 is 43.8. The molecule has 0 fully saturated rings. The molecule has 0 aliphatic rings. The van der Waals surface area contributed by atoms with Crippen molar-refractivity contribution in [1.82, 2.24) is 10.2 Å². The lowest BCUT2D eigenvalue weighted by Crippen LogP contribution is -2.27. The van der Waals surface area contributed by atoms with Crippen molar-refractivity contribution < 1.29 is 22.7 Å². The Morgan fingerprint density at radius 3 is 2.38 bits per heavy atom. The fourth-order valence-electron chi connectivity index (χ4n) is 2.27. The Morgan fingerprint density at radius 1 is 1.08 bits per heavy atom. The Hall–Kier alpha value is -2.54. The summed E-state index contributed by atoms with van der Waals surface area (Å²) in [4.78, 5) is 14.2. The van der Waals surface area contributed by atoms with Crippen LogP contribution < -0.4 is 10.1 Å². The van der Waals surface area contributed by atoms with Crippen LogP contribution in [0.2, 0.25) is 0 Å². The van der Waals surface area contributed by atoms with Crippen LogP contribution >= 0.6 is 0 Å². The van der Waals surface area contributed by atoms with E-state index in [1.165, 1.54) is 18.2 Å². The van der Waals surface area contributed by atoms with Gasteiger partial charge in [-0.3, -0.25) is 4.79 Å². The first-order valence-corrected chi connectivity index (χ1v) is 8.14. The van der Waals surface area contributed by atoms with Crippen molar-refractivity contribution in [2.75, 3.05) is 27.2 Å². The summed E-state index contributed by atoms with van der Waals surface area (Å²) in [6, 6.07) is 10.9. The molecule has 0 spiro atoms. The first-order chi connectivity index (χ1) is 12.3. The number of ether oxygens (including phenoxy) is 1. The molecule has 1 amide bonds. The predicted octanol–water partition coefficient (Wildman–Crippen LogP) is 4.18. The summed E-state index contributed by atoms with van der Waals surface area (Å²) in [7, 11) is 3.91. The molecule has 0 heterocycles. The number of amides is 1. The van der Waals surface area contributed by atoms with Gasteiger partial charge in [0.15, 0.2) is 0 Å². The molecule has 2 aromatic carbocycles. The van der Waals surface area contributed by atoms with E-state index < -0.39 is 11.7 Å². The molecule has 0 bridgehead atoms. The van der Waals surface area contributed by atoms with Crippen molar-refractivity contribution in [3.8, 4) is 11.5 Å². The van der Waals surface area contributed by atoms with Gasteiger partial charge in [-0.15, -0.1) is 0 Å². The lowest BCUT2D eigenvalue weighted by molar-refractivity contribution is -0.137. The zero-order valence-corrected chi connectivity index (χ0v) is 14.6. The van der Waals surface area contributed by atoms with E-state index >= 15 is 0 Å². The number of rotatable bonds is 7. The van der Waals surface area contributed by atoms with E-state index in [0.29, 0.717) is 17.9 Å². The second-order valence-corrected chi connectivity index (χ2v) is 6.07. The quantitative estimate of drug-likeness (QED) is 0.748. The monoisotopic (exact) mass is 366 g/mol.